The number of aliphatic carboxylic acids is 1. The van der Waals surface area contributed by atoms with E-state index in [0.717, 1.165) is 11.3 Å². The quantitative estimate of drug-likeness (QED) is 0.878. The van der Waals surface area contributed by atoms with Crippen molar-refractivity contribution in [2.24, 2.45) is 5.92 Å². The van der Waals surface area contributed by atoms with Gasteiger partial charge >= 0.3 is 5.97 Å². The van der Waals surface area contributed by atoms with Crippen molar-refractivity contribution in [3.05, 3.63) is 23.3 Å². The van der Waals surface area contributed by atoms with Crippen LogP contribution in [0, 0.1) is 5.92 Å². The average Bonchev–Trinajstić information content (AvgIpc) is 2.81. The van der Waals surface area contributed by atoms with Gasteiger partial charge < -0.3 is 10.4 Å². The van der Waals surface area contributed by atoms with Crippen molar-refractivity contribution >= 4 is 33.6 Å². The minimum Gasteiger partial charge on any atom is -0.480 e. The number of carboxylic acids is 1. The van der Waals surface area contributed by atoms with Gasteiger partial charge in [-0.15, -0.1) is 0 Å². The van der Waals surface area contributed by atoms with E-state index < -0.39 is 17.9 Å². The Morgan fingerprint density at radius 3 is 2.80 bits per heavy atom. The van der Waals surface area contributed by atoms with E-state index in [1.165, 1.54) is 0 Å². The Morgan fingerprint density at radius 1 is 1.45 bits per heavy atom. The molecule has 0 aromatic carbocycles. The largest absolute Gasteiger partial charge is 0.480 e. The summed E-state index contributed by atoms with van der Waals surface area (Å²) < 4.78 is 0. The molecular formula is C13H15N3O3S. The molecule has 0 unspecified atom stereocenters. The van der Waals surface area contributed by atoms with Gasteiger partial charge in [0.25, 0.3) is 5.91 Å². The molecule has 0 radical (unpaired) electrons. The SMILES string of the molecule is CC(C)C[C@H](NC(=O)c1nc2cccnc2s1)C(=O)O. The van der Waals surface area contributed by atoms with Crippen LogP contribution in [-0.2, 0) is 4.79 Å². The van der Waals surface area contributed by atoms with Gasteiger partial charge in [-0.2, -0.15) is 0 Å². The lowest BCUT2D eigenvalue weighted by Crippen LogP contribution is -2.41. The highest BCUT2D eigenvalue weighted by atomic mass is 32.1. The normalized spacial score (nSPS) is 12.6. The van der Waals surface area contributed by atoms with Crippen LogP contribution in [0.4, 0.5) is 0 Å². The molecule has 0 spiro atoms. The number of aromatic nitrogens is 2. The minimum atomic E-state index is -1.04. The lowest BCUT2D eigenvalue weighted by molar-refractivity contribution is -0.139. The predicted octanol–water partition coefficient (Wildman–Crippen LogP) is 1.92. The molecule has 0 saturated carbocycles. The Morgan fingerprint density at radius 2 is 2.20 bits per heavy atom. The van der Waals surface area contributed by atoms with E-state index in [2.05, 4.69) is 15.3 Å². The van der Waals surface area contributed by atoms with Crippen LogP contribution in [-0.4, -0.2) is 33.0 Å². The number of rotatable bonds is 5. The van der Waals surface area contributed by atoms with Gasteiger partial charge in [0.05, 0.1) is 0 Å². The summed E-state index contributed by atoms with van der Waals surface area (Å²) in [7, 11) is 0. The van der Waals surface area contributed by atoms with Crippen LogP contribution < -0.4 is 5.32 Å². The summed E-state index contributed by atoms with van der Waals surface area (Å²) in [6.45, 7) is 3.81. The number of amides is 1. The smallest absolute Gasteiger partial charge is 0.326 e. The van der Waals surface area contributed by atoms with E-state index in [0.29, 0.717) is 16.8 Å². The first-order valence-electron chi connectivity index (χ1n) is 6.22. The van der Waals surface area contributed by atoms with Crippen molar-refractivity contribution in [2.45, 2.75) is 26.3 Å². The maximum atomic E-state index is 12.1. The Hall–Kier alpha value is -2.02. The Labute approximate surface area is 119 Å². The van der Waals surface area contributed by atoms with Crippen LogP contribution in [0.15, 0.2) is 18.3 Å². The van der Waals surface area contributed by atoms with Gasteiger partial charge in [0, 0.05) is 6.20 Å². The zero-order valence-electron chi connectivity index (χ0n) is 11.2. The number of nitrogens with zero attached hydrogens (tertiary/aromatic N) is 2. The van der Waals surface area contributed by atoms with Crippen molar-refractivity contribution < 1.29 is 14.7 Å². The highest BCUT2D eigenvalue weighted by molar-refractivity contribution is 7.19. The second-order valence-electron chi connectivity index (χ2n) is 4.84. The third kappa shape index (κ3) is 3.30. The molecule has 0 bridgehead atoms. The first-order valence-corrected chi connectivity index (χ1v) is 7.04. The Bertz CT molecular complexity index is 606. The highest BCUT2D eigenvalue weighted by Gasteiger charge is 2.23. The van der Waals surface area contributed by atoms with Crippen LogP contribution in [0.5, 0.6) is 0 Å². The van der Waals surface area contributed by atoms with E-state index >= 15 is 0 Å². The van der Waals surface area contributed by atoms with Gasteiger partial charge in [-0.3, -0.25) is 4.79 Å². The van der Waals surface area contributed by atoms with Crippen molar-refractivity contribution in [3.8, 4) is 0 Å². The van der Waals surface area contributed by atoms with Crippen molar-refractivity contribution in [2.75, 3.05) is 0 Å². The molecule has 6 nitrogen and oxygen atoms in total. The monoisotopic (exact) mass is 293 g/mol. The van der Waals surface area contributed by atoms with Crippen LogP contribution in [0.25, 0.3) is 10.3 Å². The van der Waals surface area contributed by atoms with Gasteiger partial charge in [-0.05, 0) is 24.5 Å². The summed E-state index contributed by atoms with van der Waals surface area (Å²) in [4.78, 5) is 32.1. The summed E-state index contributed by atoms with van der Waals surface area (Å²) in [5.41, 5.74) is 0.637. The lowest BCUT2D eigenvalue weighted by atomic mass is 10.0. The second-order valence-corrected chi connectivity index (χ2v) is 5.82. The first-order chi connectivity index (χ1) is 9.47. The van der Waals surface area contributed by atoms with Crippen molar-refractivity contribution in [1.29, 1.82) is 0 Å². The van der Waals surface area contributed by atoms with Crippen LogP contribution in [0.1, 0.15) is 30.1 Å². The van der Waals surface area contributed by atoms with Gasteiger partial charge in [0.2, 0.25) is 0 Å². The minimum absolute atomic E-state index is 0.174. The van der Waals surface area contributed by atoms with Crippen LogP contribution in [0.2, 0.25) is 0 Å². The van der Waals surface area contributed by atoms with Crippen LogP contribution >= 0.6 is 11.3 Å². The fourth-order valence-electron chi connectivity index (χ4n) is 1.78. The number of carbonyl (C=O) groups is 2. The third-order valence-corrected chi connectivity index (χ3v) is 3.65. The number of hydrogen-bond acceptors (Lipinski definition) is 5. The van der Waals surface area contributed by atoms with E-state index in [9.17, 15) is 9.59 Å². The molecule has 106 valence electrons. The Kier molecular flexibility index (Phi) is 4.29. The number of carboxylic acid groups (broad SMARTS) is 1. The molecule has 1 atom stereocenters. The van der Waals surface area contributed by atoms with Crippen molar-refractivity contribution in [3.63, 3.8) is 0 Å². The maximum absolute atomic E-state index is 12.1. The number of hydrogen-bond donors (Lipinski definition) is 2. The molecule has 2 heterocycles. The summed E-state index contributed by atoms with van der Waals surface area (Å²) in [6, 6.07) is 2.60. The molecule has 7 heteroatoms. The molecule has 0 aliphatic rings. The number of fused-ring (bicyclic) bond motifs is 1. The van der Waals surface area contributed by atoms with Crippen LogP contribution in [0.3, 0.4) is 0 Å². The van der Waals surface area contributed by atoms with Crippen molar-refractivity contribution in [1.82, 2.24) is 15.3 Å². The molecule has 1 amide bonds. The molecule has 2 aromatic rings. The third-order valence-electron chi connectivity index (χ3n) is 2.67. The lowest BCUT2D eigenvalue weighted by Gasteiger charge is -2.15. The molecule has 2 rings (SSSR count). The van der Waals surface area contributed by atoms with Gasteiger partial charge in [-0.25, -0.2) is 14.8 Å². The standard InChI is InChI=1S/C13H15N3O3S/c1-7(2)6-9(13(18)19)15-10(17)12-16-8-4-3-5-14-11(8)20-12/h3-5,7,9H,6H2,1-2H3,(H,15,17)(H,18,19)/t9-/m0/s1. The molecule has 0 aliphatic heterocycles. The number of pyridine rings is 1. The number of nitrogens with one attached hydrogen (secondary N) is 1. The zero-order chi connectivity index (χ0) is 14.7. The molecule has 0 saturated heterocycles. The maximum Gasteiger partial charge on any atom is 0.326 e. The van der Waals surface area contributed by atoms with E-state index in [1.807, 2.05) is 13.8 Å². The molecule has 2 N–H and O–H groups in total. The molecule has 20 heavy (non-hydrogen) atoms. The summed E-state index contributed by atoms with van der Waals surface area (Å²) in [6.07, 6.45) is 2.01. The number of carbonyl (C=O) groups excluding carboxylic acids is 1. The summed E-state index contributed by atoms with van der Waals surface area (Å²) in [5, 5.41) is 11.9. The molecule has 0 aliphatic carbocycles. The molecular weight excluding hydrogens is 278 g/mol. The molecule has 0 fully saturated rings. The first kappa shape index (κ1) is 14.4. The van der Waals surface area contributed by atoms with Gasteiger partial charge in [0.15, 0.2) is 5.01 Å². The molecule has 2 aromatic heterocycles. The fourth-order valence-corrected chi connectivity index (χ4v) is 2.59. The summed E-state index contributed by atoms with van der Waals surface area (Å²) in [5.74, 6) is -1.33. The Balaban J connectivity index is 2.15. The fraction of sp³-hybridized carbons (Fsp3) is 0.385. The number of thiazole rings is 1. The van der Waals surface area contributed by atoms with E-state index in [4.69, 9.17) is 5.11 Å². The second kappa shape index (κ2) is 5.96. The summed E-state index contributed by atoms with van der Waals surface area (Å²) >= 11 is 1.15. The topological polar surface area (TPSA) is 92.2 Å². The highest BCUT2D eigenvalue weighted by Crippen LogP contribution is 2.19. The predicted molar refractivity (Wildman–Crippen MR) is 75.8 cm³/mol. The van der Waals surface area contributed by atoms with Gasteiger partial charge in [-0.1, -0.05) is 25.2 Å². The van der Waals surface area contributed by atoms with E-state index in [1.54, 1.807) is 18.3 Å². The zero-order valence-corrected chi connectivity index (χ0v) is 12.0. The van der Waals surface area contributed by atoms with Gasteiger partial charge in [0.1, 0.15) is 16.4 Å². The van der Waals surface area contributed by atoms with E-state index in [-0.39, 0.29) is 10.9 Å². The average molecular weight is 293 g/mol.